The fraction of sp³-hybridized carbons (Fsp3) is 0.433. The number of imidazole rings is 1. The Labute approximate surface area is 262 Å². The molecular formula is C30H28F6N8O3. The molecule has 2 saturated heterocycles. The van der Waals surface area contributed by atoms with Crippen molar-refractivity contribution < 1.29 is 40.7 Å². The SMILES string of the molecule is CCOc1cc(C(=O)Nc2cc(C(F)(F)F)n(C)n2)c(F)cc1-c1nc([C@@H]2CC[C@@H]3N(C2)C(=O)C2(CC2)C3(F)F)n2ccnc(N)c12. The van der Waals surface area contributed by atoms with Gasteiger partial charge in [-0.15, -0.1) is 0 Å². The lowest BCUT2D eigenvalue weighted by Crippen LogP contribution is -2.46. The number of nitrogens with zero attached hydrogens (tertiary/aromatic N) is 6. The van der Waals surface area contributed by atoms with Crippen LogP contribution < -0.4 is 15.8 Å². The largest absolute Gasteiger partial charge is 0.493 e. The number of alkyl halides is 5. The number of nitrogens with one attached hydrogen (secondary N) is 1. The van der Waals surface area contributed by atoms with E-state index in [9.17, 15) is 22.8 Å². The smallest absolute Gasteiger partial charge is 0.433 e. The van der Waals surface area contributed by atoms with E-state index in [4.69, 9.17) is 15.5 Å². The Morgan fingerprint density at radius 2 is 1.94 bits per heavy atom. The molecule has 1 spiro atoms. The van der Waals surface area contributed by atoms with Crippen LogP contribution in [0.5, 0.6) is 5.75 Å². The second kappa shape index (κ2) is 10.3. The number of hydrogen-bond acceptors (Lipinski definition) is 7. The first kappa shape index (κ1) is 30.8. The number of halogens is 6. The average Bonchev–Trinajstić information content (AvgIpc) is 3.58. The number of ether oxygens (including phenoxy) is 1. The molecule has 3 aromatic heterocycles. The third-order valence-corrected chi connectivity index (χ3v) is 9.31. The Balaban J connectivity index is 1.26. The summed E-state index contributed by atoms with van der Waals surface area (Å²) in [5.41, 5.74) is 3.51. The van der Waals surface area contributed by atoms with Gasteiger partial charge in [-0.3, -0.25) is 18.7 Å². The van der Waals surface area contributed by atoms with Crippen LogP contribution in [0.2, 0.25) is 0 Å². The van der Waals surface area contributed by atoms with Crippen LogP contribution in [0.4, 0.5) is 38.0 Å². The Morgan fingerprint density at radius 3 is 2.60 bits per heavy atom. The van der Waals surface area contributed by atoms with Crippen molar-refractivity contribution in [3.05, 3.63) is 53.5 Å². The van der Waals surface area contributed by atoms with Gasteiger partial charge < -0.3 is 20.7 Å². The number of rotatable bonds is 6. The molecule has 5 heterocycles. The molecule has 17 heteroatoms. The summed E-state index contributed by atoms with van der Waals surface area (Å²) in [5, 5.41) is 5.83. The molecular weight excluding hydrogens is 634 g/mol. The summed E-state index contributed by atoms with van der Waals surface area (Å²) in [6, 6.07) is 1.53. The van der Waals surface area contributed by atoms with Gasteiger partial charge in [0.1, 0.15) is 45.5 Å². The summed E-state index contributed by atoms with van der Waals surface area (Å²) in [6.45, 7) is 1.75. The zero-order chi connectivity index (χ0) is 33.6. The Morgan fingerprint density at radius 1 is 1.19 bits per heavy atom. The number of aromatic nitrogens is 5. The molecule has 2 aliphatic heterocycles. The van der Waals surface area contributed by atoms with Crippen molar-refractivity contribution in [2.45, 2.75) is 56.7 Å². The molecule has 7 rings (SSSR count). The quantitative estimate of drug-likeness (QED) is 0.277. The summed E-state index contributed by atoms with van der Waals surface area (Å²) < 4.78 is 93.7. The van der Waals surface area contributed by atoms with E-state index < -0.39 is 64.2 Å². The van der Waals surface area contributed by atoms with E-state index in [0.29, 0.717) is 23.0 Å². The highest BCUT2D eigenvalue weighted by molar-refractivity contribution is 6.05. The van der Waals surface area contributed by atoms with Gasteiger partial charge in [0.25, 0.3) is 11.8 Å². The van der Waals surface area contributed by atoms with Crippen LogP contribution in [0.15, 0.2) is 30.6 Å². The molecule has 0 radical (unpaired) electrons. The van der Waals surface area contributed by atoms with Crippen LogP contribution in [0, 0.1) is 11.2 Å². The minimum atomic E-state index is -4.73. The minimum Gasteiger partial charge on any atom is -0.493 e. The van der Waals surface area contributed by atoms with E-state index in [-0.39, 0.29) is 60.8 Å². The number of anilines is 2. The molecule has 0 unspecified atom stereocenters. The lowest BCUT2D eigenvalue weighted by Gasteiger charge is -2.36. The topological polar surface area (TPSA) is 133 Å². The number of piperidine rings is 1. The van der Waals surface area contributed by atoms with Crippen LogP contribution in [0.3, 0.4) is 0 Å². The summed E-state index contributed by atoms with van der Waals surface area (Å²) in [7, 11) is 1.05. The molecule has 1 aliphatic carbocycles. The number of hydrogen-bond donors (Lipinski definition) is 2. The first-order chi connectivity index (χ1) is 22.2. The number of nitrogen functional groups attached to an aromatic ring is 1. The summed E-state index contributed by atoms with van der Waals surface area (Å²) >= 11 is 0. The number of benzene rings is 1. The van der Waals surface area contributed by atoms with Crippen LogP contribution in [0.1, 0.15) is 60.4 Å². The number of nitrogens with two attached hydrogens (primary N) is 1. The lowest BCUT2D eigenvalue weighted by molar-refractivity contribution is -0.143. The van der Waals surface area contributed by atoms with Crippen molar-refractivity contribution >= 4 is 29.0 Å². The zero-order valence-corrected chi connectivity index (χ0v) is 25.0. The molecule has 2 atom stereocenters. The Bertz CT molecular complexity index is 1950. The number of fused-ring (bicyclic) bond motifs is 2. The number of carbonyl (C=O) groups excluding carboxylic acids is 2. The number of carbonyl (C=O) groups is 2. The van der Waals surface area contributed by atoms with Gasteiger partial charge in [0.15, 0.2) is 5.82 Å². The maximum atomic E-state index is 15.7. The first-order valence-electron chi connectivity index (χ1n) is 14.9. The average molecular weight is 663 g/mol. The van der Waals surface area contributed by atoms with Crippen molar-refractivity contribution in [1.29, 1.82) is 0 Å². The van der Waals surface area contributed by atoms with Crippen molar-refractivity contribution in [1.82, 2.24) is 29.0 Å². The fourth-order valence-corrected chi connectivity index (χ4v) is 6.92. The predicted molar refractivity (Wildman–Crippen MR) is 154 cm³/mol. The van der Waals surface area contributed by atoms with Crippen LogP contribution >= 0.6 is 0 Å². The highest BCUT2D eigenvalue weighted by atomic mass is 19.4. The summed E-state index contributed by atoms with van der Waals surface area (Å²) in [4.78, 5) is 36.3. The molecule has 1 saturated carbocycles. The van der Waals surface area contributed by atoms with Gasteiger partial charge in [-0.1, -0.05) is 0 Å². The van der Waals surface area contributed by atoms with Crippen molar-refractivity contribution in [2.24, 2.45) is 12.5 Å². The Hall–Kier alpha value is -4.83. The normalized spacial score (nSPS) is 21.4. The summed E-state index contributed by atoms with van der Waals surface area (Å²) in [6.07, 6.45) is -1.04. The fourth-order valence-electron chi connectivity index (χ4n) is 6.92. The van der Waals surface area contributed by atoms with Crippen molar-refractivity contribution in [2.75, 3.05) is 24.2 Å². The second-order valence-electron chi connectivity index (χ2n) is 12.1. The molecule has 0 bridgehead atoms. The van der Waals surface area contributed by atoms with E-state index in [2.05, 4.69) is 15.4 Å². The van der Waals surface area contributed by atoms with Crippen molar-refractivity contribution in [3.8, 4) is 17.0 Å². The van der Waals surface area contributed by atoms with Crippen LogP contribution in [-0.4, -0.2) is 66.0 Å². The van der Waals surface area contributed by atoms with Gasteiger partial charge in [0.2, 0.25) is 5.91 Å². The third-order valence-electron chi connectivity index (χ3n) is 9.31. The molecule has 248 valence electrons. The molecule has 11 nitrogen and oxygen atoms in total. The molecule has 1 aromatic carbocycles. The monoisotopic (exact) mass is 662 g/mol. The molecule has 4 aromatic rings. The number of aryl methyl sites for hydroxylation is 1. The maximum Gasteiger partial charge on any atom is 0.433 e. The van der Waals surface area contributed by atoms with Gasteiger partial charge in [0, 0.05) is 43.5 Å². The first-order valence-corrected chi connectivity index (χ1v) is 14.9. The number of amides is 2. The molecule has 2 amide bonds. The van der Waals surface area contributed by atoms with E-state index in [0.717, 1.165) is 19.2 Å². The van der Waals surface area contributed by atoms with E-state index in [1.807, 2.05) is 0 Å². The lowest BCUT2D eigenvalue weighted by atomic mass is 9.89. The highest BCUT2D eigenvalue weighted by Crippen LogP contribution is 2.65. The molecule has 47 heavy (non-hydrogen) atoms. The maximum absolute atomic E-state index is 15.7. The summed E-state index contributed by atoms with van der Waals surface area (Å²) in [5.74, 6) is -6.24. The van der Waals surface area contributed by atoms with Crippen LogP contribution in [0.25, 0.3) is 16.8 Å². The van der Waals surface area contributed by atoms with Gasteiger partial charge in [-0.05, 0) is 44.7 Å². The predicted octanol–water partition coefficient (Wildman–Crippen LogP) is 5.02. The highest BCUT2D eigenvalue weighted by Gasteiger charge is 2.77. The van der Waals surface area contributed by atoms with Gasteiger partial charge >= 0.3 is 6.18 Å². The third kappa shape index (κ3) is 4.60. The van der Waals surface area contributed by atoms with E-state index in [1.165, 1.54) is 11.1 Å². The second-order valence-corrected chi connectivity index (χ2v) is 12.1. The van der Waals surface area contributed by atoms with Gasteiger partial charge in [-0.2, -0.15) is 18.3 Å². The van der Waals surface area contributed by atoms with Gasteiger partial charge in [0.05, 0.1) is 18.2 Å². The van der Waals surface area contributed by atoms with Gasteiger partial charge in [-0.25, -0.2) is 23.1 Å². The van der Waals surface area contributed by atoms with Crippen LogP contribution in [-0.2, 0) is 18.0 Å². The minimum absolute atomic E-state index is 0.0109. The molecule has 3 fully saturated rings. The van der Waals surface area contributed by atoms with Crippen molar-refractivity contribution in [3.63, 3.8) is 0 Å². The molecule has 3 aliphatic rings. The molecule has 3 N–H and O–H groups in total. The Kier molecular flexibility index (Phi) is 6.77. The zero-order valence-electron chi connectivity index (χ0n) is 25.0. The van der Waals surface area contributed by atoms with E-state index >= 15 is 13.2 Å². The standard InChI is InChI=1S/C30H28F6N8O3/c1-3-47-18-11-15(26(45)39-21-12-20(30(34,35)36)42(2)41-21)17(31)10-16(18)22-23-24(37)38-8-9-43(23)25(40-22)14-4-5-19-29(32,33)28(6-7-28)27(46)44(19)13-14/h8-12,14,19H,3-7,13H2,1-2H3,(H2,37,38)(H,39,41,45)/t14-,19+/m1/s1. The van der Waals surface area contributed by atoms with E-state index in [1.54, 1.807) is 17.5 Å².